The largest absolute Gasteiger partial charge is 0.449 e. The summed E-state index contributed by atoms with van der Waals surface area (Å²) in [4.78, 5) is 24.9. The fourth-order valence-electron chi connectivity index (χ4n) is 2.86. The van der Waals surface area contributed by atoms with Gasteiger partial charge in [-0.3, -0.25) is 4.79 Å². The Hall–Kier alpha value is -3.12. The lowest BCUT2D eigenvalue weighted by Gasteiger charge is -2.13. The average Bonchev–Trinajstić information content (AvgIpc) is 3.06. The van der Waals surface area contributed by atoms with Gasteiger partial charge in [-0.2, -0.15) is 0 Å². The summed E-state index contributed by atoms with van der Waals surface area (Å²) in [6.45, 7) is 4.09. The Morgan fingerprint density at radius 1 is 1.11 bits per heavy atom. The molecule has 146 valence electrons. The second-order valence-electron chi connectivity index (χ2n) is 6.59. The van der Waals surface area contributed by atoms with Gasteiger partial charge in [0.25, 0.3) is 5.91 Å². The van der Waals surface area contributed by atoms with E-state index >= 15 is 0 Å². The third kappa shape index (κ3) is 4.40. The third-order valence-electron chi connectivity index (χ3n) is 4.41. The molecular formula is C22H23NO5. The van der Waals surface area contributed by atoms with Crippen LogP contribution in [-0.4, -0.2) is 25.1 Å². The lowest BCUT2D eigenvalue weighted by atomic mass is 10.1. The Bertz CT molecular complexity index is 974. The molecule has 3 rings (SSSR count). The number of esters is 1. The monoisotopic (exact) mass is 381 g/mol. The maximum Gasteiger partial charge on any atom is 0.375 e. The van der Waals surface area contributed by atoms with Gasteiger partial charge in [0, 0.05) is 24.6 Å². The van der Waals surface area contributed by atoms with E-state index in [9.17, 15) is 9.59 Å². The van der Waals surface area contributed by atoms with Crippen molar-refractivity contribution in [3.63, 3.8) is 0 Å². The molecule has 0 aliphatic rings. The van der Waals surface area contributed by atoms with Gasteiger partial charge in [0.1, 0.15) is 5.58 Å². The number of ether oxygens (including phenoxy) is 2. The van der Waals surface area contributed by atoms with E-state index in [4.69, 9.17) is 13.9 Å². The summed E-state index contributed by atoms with van der Waals surface area (Å²) < 4.78 is 16.2. The number of methoxy groups -OCH3 is 1. The molecule has 28 heavy (non-hydrogen) atoms. The summed E-state index contributed by atoms with van der Waals surface area (Å²) in [6.07, 6.45) is -0.957. The molecule has 0 aliphatic heterocycles. The molecule has 1 N–H and O–H groups in total. The van der Waals surface area contributed by atoms with Crippen molar-refractivity contribution in [3.8, 4) is 0 Å². The van der Waals surface area contributed by atoms with Gasteiger partial charge in [-0.15, -0.1) is 0 Å². The number of hydrogen-bond acceptors (Lipinski definition) is 5. The molecule has 0 spiro atoms. The van der Waals surface area contributed by atoms with Crippen LogP contribution in [0.2, 0.25) is 0 Å². The minimum absolute atomic E-state index is 0.0567. The predicted octanol–water partition coefficient (Wildman–Crippen LogP) is 3.75. The number of carbonyl (C=O) groups is 2. The second kappa shape index (κ2) is 8.71. The Labute approximate surface area is 163 Å². The SMILES string of the molecule is COCc1c(C(=O)OC(C)C(=O)NCc2ccc(C)cc2)oc2ccccc12. The predicted molar refractivity (Wildman–Crippen MR) is 105 cm³/mol. The van der Waals surface area contributed by atoms with E-state index in [1.54, 1.807) is 6.07 Å². The molecule has 6 heteroatoms. The second-order valence-corrected chi connectivity index (χ2v) is 6.59. The fourth-order valence-corrected chi connectivity index (χ4v) is 2.86. The van der Waals surface area contributed by atoms with Crippen LogP contribution in [0.4, 0.5) is 0 Å². The normalized spacial score (nSPS) is 12.0. The van der Waals surface area contributed by atoms with Gasteiger partial charge in [0.2, 0.25) is 5.76 Å². The molecule has 0 saturated carbocycles. The lowest BCUT2D eigenvalue weighted by Crippen LogP contribution is -2.35. The van der Waals surface area contributed by atoms with Crippen LogP contribution in [0.25, 0.3) is 11.0 Å². The Morgan fingerprint density at radius 3 is 2.54 bits per heavy atom. The summed E-state index contributed by atoms with van der Waals surface area (Å²) in [5, 5.41) is 3.55. The number of amides is 1. The molecule has 1 atom stereocenters. The molecule has 1 aromatic heterocycles. The number of aryl methyl sites for hydroxylation is 1. The fraction of sp³-hybridized carbons (Fsp3) is 0.273. The van der Waals surface area contributed by atoms with Crippen LogP contribution >= 0.6 is 0 Å². The van der Waals surface area contributed by atoms with Crippen LogP contribution in [0.5, 0.6) is 0 Å². The number of hydrogen-bond donors (Lipinski definition) is 1. The first kappa shape index (κ1) is 19.6. The van der Waals surface area contributed by atoms with Crippen molar-refractivity contribution in [2.75, 3.05) is 7.11 Å². The van der Waals surface area contributed by atoms with Crippen LogP contribution in [0.15, 0.2) is 52.9 Å². The van der Waals surface area contributed by atoms with Crippen molar-refractivity contribution in [1.82, 2.24) is 5.32 Å². The molecule has 1 unspecified atom stereocenters. The smallest absolute Gasteiger partial charge is 0.375 e. The quantitative estimate of drug-likeness (QED) is 0.631. The topological polar surface area (TPSA) is 77.8 Å². The van der Waals surface area contributed by atoms with E-state index in [0.717, 1.165) is 16.5 Å². The van der Waals surface area contributed by atoms with Crippen LogP contribution in [0, 0.1) is 6.92 Å². The summed E-state index contributed by atoms with van der Waals surface area (Å²) >= 11 is 0. The third-order valence-corrected chi connectivity index (χ3v) is 4.41. The van der Waals surface area contributed by atoms with E-state index < -0.39 is 12.1 Å². The van der Waals surface area contributed by atoms with Crippen molar-refractivity contribution in [2.45, 2.75) is 33.1 Å². The first-order chi connectivity index (χ1) is 13.5. The van der Waals surface area contributed by atoms with Crippen molar-refractivity contribution in [2.24, 2.45) is 0 Å². The Morgan fingerprint density at radius 2 is 1.82 bits per heavy atom. The molecule has 0 bridgehead atoms. The molecule has 1 amide bonds. The highest BCUT2D eigenvalue weighted by Gasteiger charge is 2.25. The molecule has 2 aromatic carbocycles. The van der Waals surface area contributed by atoms with Gasteiger partial charge in [-0.1, -0.05) is 48.0 Å². The summed E-state index contributed by atoms with van der Waals surface area (Å²) in [5.41, 5.74) is 3.29. The molecule has 3 aromatic rings. The molecule has 6 nitrogen and oxygen atoms in total. The first-order valence-electron chi connectivity index (χ1n) is 9.03. The number of fused-ring (bicyclic) bond motifs is 1. The van der Waals surface area contributed by atoms with Crippen LogP contribution < -0.4 is 5.32 Å². The molecule has 0 saturated heterocycles. The van der Waals surface area contributed by atoms with Crippen molar-refractivity contribution < 1.29 is 23.5 Å². The van der Waals surface area contributed by atoms with Crippen LogP contribution in [0.1, 0.15) is 34.2 Å². The van der Waals surface area contributed by atoms with Gasteiger partial charge in [0.05, 0.1) is 6.61 Å². The highest BCUT2D eigenvalue weighted by Crippen LogP contribution is 2.27. The molecule has 1 heterocycles. The standard InChI is InChI=1S/C22H23NO5/c1-14-8-10-16(11-9-14)12-23-21(24)15(2)27-22(25)20-18(13-26-3)17-6-4-5-7-19(17)28-20/h4-11,15H,12-13H2,1-3H3,(H,23,24). The van der Waals surface area contributed by atoms with E-state index in [-0.39, 0.29) is 18.3 Å². The number of rotatable bonds is 7. The molecule has 0 radical (unpaired) electrons. The van der Waals surface area contributed by atoms with E-state index in [0.29, 0.717) is 17.7 Å². The number of furan rings is 1. The van der Waals surface area contributed by atoms with Gasteiger partial charge in [-0.25, -0.2) is 4.79 Å². The number of carbonyl (C=O) groups excluding carboxylic acids is 2. The highest BCUT2D eigenvalue weighted by molar-refractivity contribution is 5.97. The summed E-state index contributed by atoms with van der Waals surface area (Å²) in [7, 11) is 1.54. The molecule has 0 fully saturated rings. The number of para-hydroxylation sites is 1. The maximum absolute atomic E-state index is 12.6. The van der Waals surface area contributed by atoms with E-state index in [1.165, 1.54) is 14.0 Å². The van der Waals surface area contributed by atoms with Gasteiger partial charge < -0.3 is 19.2 Å². The van der Waals surface area contributed by atoms with E-state index in [2.05, 4.69) is 5.32 Å². The lowest BCUT2D eigenvalue weighted by molar-refractivity contribution is -0.129. The summed E-state index contributed by atoms with van der Waals surface area (Å²) in [6, 6.07) is 15.1. The Kier molecular flexibility index (Phi) is 6.11. The summed E-state index contributed by atoms with van der Waals surface area (Å²) in [5.74, 6) is -1.01. The van der Waals surface area contributed by atoms with Crippen molar-refractivity contribution in [1.29, 1.82) is 0 Å². The first-order valence-corrected chi connectivity index (χ1v) is 9.03. The van der Waals surface area contributed by atoms with Gasteiger partial charge in [0.15, 0.2) is 6.10 Å². The number of benzene rings is 2. The molecule has 0 aliphatic carbocycles. The number of nitrogens with one attached hydrogen (secondary N) is 1. The molecular weight excluding hydrogens is 358 g/mol. The Balaban J connectivity index is 1.66. The van der Waals surface area contributed by atoms with Gasteiger partial charge >= 0.3 is 5.97 Å². The zero-order valence-electron chi connectivity index (χ0n) is 16.2. The van der Waals surface area contributed by atoms with E-state index in [1.807, 2.05) is 49.4 Å². The van der Waals surface area contributed by atoms with Gasteiger partial charge in [-0.05, 0) is 25.5 Å². The van der Waals surface area contributed by atoms with Crippen molar-refractivity contribution >= 4 is 22.8 Å². The zero-order chi connectivity index (χ0) is 20.1. The zero-order valence-corrected chi connectivity index (χ0v) is 16.2. The average molecular weight is 381 g/mol. The maximum atomic E-state index is 12.6. The minimum atomic E-state index is -0.957. The minimum Gasteiger partial charge on any atom is -0.449 e. The van der Waals surface area contributed by atoms with Crippen molar-refractivity contribution in [3.05, 3.63) is 71.0 Å². The highest BCUT2D eigenvalue weighted by atomic mass is 16.6. The van der Waals surface area contributed by atoms with Crippen LogP contribution in [-0.2, 0) is 27.4 Å². The van der Waals surface area contributed by atoms with Crippen LogP contribution in [0.3, 0.4) is 0 Å².